The highest BCUT2D eigenvalue weighted by Gasteiger charge is 2.05. The molecule has 19 heavy (non-hydrogen) atoms. The van der Waals surface area contributed by atoms with E-state index in [1.165, 1.54) is 0 Å². The number of benzene rings is 1. The Labute approximate surface area is 140 Å². The van der Waals surface area contributed by atoms with Crippen LogP contribution >= 0.6 is 39.9 Å². The second kappa shape index (κ2) is 9.41. The number of hydrogen-bond acceptors (Lipinski definition) is 2. The third kappa shape index (κ3) is 6.47. The lowest BCUT2D eigenvalue weighted by atomic mass is 10.2. The molecule has 0 heterocycles. The molecule has 0 aliphatic rings. The van der Waals surface area contributed by atoms with E-state index < -0.39 is 0 Å². The summed E-state index contributed by atoms with van der Waals surface area (Å²) < 4.78 is 6.36. The molecule has 0 aliphatic carbocycles. The molecule has 0 spiro atoms. The molecular formula is C13H21BrIN3O. The lowest BCUT2D eigenvalue weighted by Crippen LogP contribution is -2.40. The standard InChI is InChI=1S/C13H20BrN3O.HI/c1-9(2)17-13(15-3)16-8-10-7-11(14)5-6-12(10)18-4;/h5-7,9H,8H2,1-4H3,(H2,15,16,17);1H. The van der Waals surface area contributed by atoms with Crippen LogP contribution < -0.4 is 15.4 Å². The van der Waals surface area contributed by atoms with Gasteiger partial charge in [-0.1, -0.05) is 15.9 Å². The fraction of sp³-hybridized carbons (Fsp3) is 0.462. The number of nitrogens with zero attached hydrogens (tertiary/aromatic N) is 1. The first-order chi connectivity index (χ1) is 8.56. The van der Waals surface area contributed by atoms with Crippen molar-refractivity contribution in [1.29, 1.82) is 0 Å². The Bertz CT molecular complexity index is 424. The van der Waals surface area contributed by atoms with Gasteiger partial charge in [0.1, 0.15) is 5.75 Å². The van der Waals surface area contributed by atoms with E-state index in [2.05, 4.69) is 45.4 Å². The zero-order valence-corrected chi connectivity index (χ0v) is 15.6. The second-order valence-corrected chi connectivity index (χ2v) is 5.10. The van der Waals surface area contributed by atoms with E-state index in [1.807, 2.05) is 18.2 Å². The van der Waals surface area contributed by atoms with Crippen molar-refractivity contribution in [3.05, 3.63) is 28.2 Å². The molecule has 108 valence electrons. The Morgan fingerprint density at radius 2 is 2.11 bits per heavy atom. The largest absolute Gasteiger partial charge is 0.496 e. The molecule has 1 aromatic carbocycles. The molecule has 0 saturated heterocycles. The van der Waals surface area contributed by atoms with Crippen LogP contribution in [-0.2, 0) is 6.54 Å². The third-order valence-corrected chi connectivity index (χ3v) is 2.83. The highest BCUT2D eigenvalue weighted by molar-refractivity contribution is 14.0. The van der Waals surface area contributed by atoms with Crippen molar-refractivity contribution in [2.45, 2.75) is 26.4 Å². The molecule has 4 nitrogen and oxygen atoms in total. The van der Waals surface area contributed by atoms with Gasteiger partial charge in [-0.3, -0.25) is 4.99 Å². The van der Waals surface area contributed by atoms with E-state index in [4.69, 9.17) is 4.74 Å². The quantitative estimate of drug-likeness (QED) is 0.428. The topological polar surface area (TPSA) is 45.7 Å². The Morgan fingerprint density at radius 1 is 1.42 bits per heavy atom. The molecule has 0 aliphatic heterocycles. The fourth-order valence-electron chi connectivity index (χ4n) is 1.53. The van der Waals surface area contributed by atoms with Gasteiger partial charge in [0.2, 0.25) is 0 Å². The first kappa shape index (κ1) is 18.5. The number of ether oxygens (including phenoxy) is 1. The highest BCUT2D eigenvalue weighted by atomic mass is 127. The molecule has 6 heteroatoms. The van der Waals surface area contributed by atoms with E-state index in [0.29, 0.717) is 12.6 Å². The molecule has 0 fully saturated rings. The molecule has 0 aromatic heterocycles. The molecular weight excluding hydrogens is 421 g/mol. The number of aliphatic imine (C=N–C) groups is 1. The molecule has 1 aromatic rings. The maximum absolute atomic E-state index is 5.33. The molecule has 0 bridgehead atoms. The van der Waals surface area contributed by atoms with Crippen LogP contribution in [0.15, 0.2) is 27.7 Å². The monoisotopic (exact) mass is 441 g/mol. The SMILES string of the molecule is CN=C(NCc1cc(Br)ccc1OC)NC(C)C.I. The average molecular weight is 442 g/mol. The Morgan fingerprint density at radius 3 is 2.63 bits per heavy atom. The summed E-state index contributed by atoms with van der Waals surface area (Å²) in [5.41, 5.74) is 1.08. The zero-order chi connectivity index (χ0) is 13.5. The van der Waals surface area contributed by atoms with Crippen LogP contribution in [0.4, 0.5) is 0 Å². The van der Waals surface area contributed by atoms with Gasteiger partial charge in [0.25, 0.3) is 0 Å². The normalized spacial score (nSPS) is 10.9. The minimum Gasteiger partial charge on any atom is -0.496 e. The van der Waals surface area contributed by atoms with Crippen molar-refractivity contribution in [1.82, 2.24) is 10.6 Å². The van der Waals surface area contributed by atoms with Gasteiger partial charge in [0, 0.05) is 29.7 Å². The fourth-order valence-corrected chi connectivity index (χ4v) is 1.94. The minimum absolute atomic E-state index is 0. The van der Waals surface area contributed by atoms with Gasteiger partial charge in [-0.25, -0.2) is 0 Å². The Hall–Kier alpha value is -0.500. The molecule has 0 radical (unpaired) electrons. The number of halogens is 2. The molecule has 1 rings (SSSR count). The van der Waals surface area contributed by atoms with Crippen molar-refractivity contribution < 1.29 is 4.74 Å². The third-order valence-electron chi connectivity index (χ3n) is 2.34. The lowest BCUT2D eigenvalue weighted by molar-refractivity contribution is 0.409. The van der Waals surface area contributed by atoms with Gasteiger partial charge in [0.05, 0.1) is 7.11 Å². The van der Waals surface area contributed by atoms with E-state index in [9.17, 15) is 0 Å². The molecule has 0 unspecified atom stereocenters. The van der Waals surface area contributed by atoms with Gasteiger partial charge >= 0.3 is 0 Å². The predicted octanol–water partition coefficient (Wildman–Crippen LogP) is 3.15. The summed E-state index contributed by atoms with van der Waals surface area (Å²) in [5, 5.41) is 6.50. The van der Waals surface area contributed by atoms with E-state index in [1.54, 1.807) is 14.2 Å². The maximum Gasteiger partial charge on any atom is 0.191 e. The summed E-state index contributed by atoms with van der Waals surface area (Å²) in [5.74, 6) is 1.65. The van der Waals surface area contributed by atoms with Crippen molar-refractivity contribution >= 4 is 45.9 Å². The Balaban J connectivity index is 0.00000324. The number of rotatable bonds is 4. The van der Waals surface area contributed by atoms with Crippen molar-refractivity contribution in [2.75, 3.05) is 14.2 Å². The number of guanidine groups is 1. The summed E-state index contributed by atoms with van der Waals surface area (Å²) >= 11 is 3.46. The molecule has 2 N–H and O–H groups in total. The second-order valence-electron chi connectivity index (χ2n) is 4.18. The van der Waals surface area contributed by atoms with Crippen LogP contribution in [0, 0.1) is 0 Å². The summed E-state index contributed by atoms with van der Waals surface area (Å²) in [6.45, 7) is 4.81. The van der Waals surface area contributed by atoms with Crippen LogP contribution in [0.1, 0.15) is 19.4 Å². The summed E-state index contributed by atoms with van der Waals surface area (Å²) in [7, 11) is 3.43. The van der Waals surface area contributed by atoms with Crippen LogP contribution in [0.2, 0.25) is 0 Å². The van der Waals surface area contributed by atoms with Gasteiger partial charge < -0.3 is 15.4 Å². The Kier molecular flexibility index (Phi) is 9.16. The highest BCUT2D eigenvalue weighted by Crippen LogP contribution is 2.22. The summed E-state index contributed by atoms with van der Waals surface area (Å²) in [6.07, 6.45) is 0. The van der Waals surface area contributed by atoms with E-state index in [-0.39, 0.29) is 24.0 Å². The van der Waals surface area contributed by atoms with Crippen molar-refractivity contribution in [3.8, 4) is 5.75 Å². The zero-order valence-electron chi connectivity index (χ0n) is 11.7. The van der Waals surface area contributed by atoms with Gasteiger partial charge in [-0.15, -0.1) is 24.0 Å². The summed E-state index contributed by atoms with van der Waals surface area (Å²) in [4.78, 5) is 4.16. The lowest BCUT2D eigenvalue weighted by Gasteiger charge is -2.15. The first-order valence-corrected chi connectivity index (χ1v) is 6.65. The van der Waals surface area contributed by atoms with Crippen LogP contribution in [0.25, 0.3) is 0 Å². The number of nitrogens with one attached hydrogen (secondary N) is 2. The smallest absolute Gasteiger partial charge is 0.191 e. The molecule has 0 amide bonds. The van der Waals surface area contributed by atoms with Crippen molar-refractivity contribution in [2.24, 2.45) is 4.99 Å². The van der Waals surface area contributed by atoms with Crippen LogP contribution in [0.3, 0.4) is 0 Å². The number of hydrogen-bond donors (Lipinski definition) is 2. The minimum atomic E-state index is 0. The van der Waals surface area contributed by atoms with Crippen LogP contribution in [0.5, 0.6) is 5.75 Å². The van der Waals surface area contributed by atoms with E-state index >= 15 is 0 Å². The number of methoxy groups -OCH3 is 1. The average Bonchev–Trinajstić information content (AvgIpc) is 2.34. The maximum atomic E-state index is 5.33. The van der Waals surface area contributed by atoms with Gasteiger partial charge in [-0.2, -0.15) is 0 Å². The summed E-state index contributed by atoms with van der Waals surface area (Å²) in [6, 6.07) is 6.29. The van der Waals surface area contributed by atoms with Crippen molar-refractivity contribution in [3.63, 3.8) is 0 Å². The van der Waals surface area contributed by atoms with E-state index in [0.717, 1.165) is 21.7 Å². The van der Waals surface area contributed by atoms with Gasteiger partial charge in [-0.05, 0) is 32.0 Å². The molecule has 0 saturated carbocycles. The first-order valence-electron chi connectivity index (χ1n) is 5.86. The molecule has 0 atom stereocenters. The van der Waals surface area contributed by atoms with Gasteiger partial charge in [0.15, 0.2) is 5.96 Å². The van der Waals surface area contributed by atoms with Crippen LogP contribution in [-0.4, -0.2) is 26.2 Å². The predicted molar refractivity (Wildman–Crippen MR) is 94.6 cm³/mol.